The summed E-state index contributed by atoms with van der Waals surface area (Å²) in [6.07, 6.45) is 2.03. The summed E-state index contributed by atoms with van der Waals surface area (Å²) in [7, 11) is 0. The highest BCUT2D eigenvalue weighted by Crippen LogP contribution is 2.27. The molecule has 5 rings (SSSR count). The average molecular weight is 488 g/mol. The van der Waals surface area contributed by atoms with Crippen LogP contribution in [0.5, 0.6) is 0 Å². The van der Waals surface area contributed by atoms with Crippen LogP contribution in [0.2, 0.25) is 5.02 Å². The van der Waals surface area contributed by atoms with Crippen molar-refractivity contribution < 1.29 is 9.59 Å². The number of hydrogen-bond acceptors (Lipinski definition) is 4. The first-order chi connectivity index (χ1) is 17.1. The zero-order chi connectivity index (χ0) is 24.2. The quantitative estimate of drug-likeness (QED) is 0.450. The number of carbonyl (C=O) groups is 2. The molecule has 1 saturated heterocycles. The molecule has 2 aromatic carbocycles. The number of fused-ring (bicyclic) bond motifs is 1. The van der Waals surface area contributed by atoms with Gasteiger partial charge in [0.1, 0.15) is 5.65 Å². The molecule has 2 aromatic heterocycles. The summed E-state index contributed by atoms with van der Waals surface area (Å²) in [5, 5.41) is 3.42. The van der Waals surface area contributed by atoms with E-state index in [1.807, 2.05) is 59.6 Å². The van der Waals surface area contributed by atoms with Crippen LogP contribution in [0, 0.1) is 0 Å². The number of nitrogens with zero attached hydrogens (tertiary/aromatic N) is 4. The molecule has 0 saturated carbocycles. The third-order valence-electron chi connectivity index (χ3n) is 6.28. The summed E-state index contributed by atoms with van der Waals surface area (Å²) in [4.78, 5) is 33.9. The van der Waals surface area contributed by atoms with Crippen molar-refractivity contribution in [3.05, 3.63) is 95.3 Å². The lowest BCUT2D eigenvalue weighted by molar-refractivity contribution is -0.131. The molecule has 1 fully saturated rings. The van der Waals surface area contributed by atoms with Crippen LogP contribution in [0.25, 0.3) is 16.9 Å². The Morgan fingerprint density at radius 1 is 0.886 bits per heavy atom. The fraction of sp³-hybridized carbons (Fsp3) is 0.222. The van der Waals surface area contributed by atoms with Gasteiger partial charge in [-0.3, -0.25) is 14.5 Å². The van der Waals surface area contributed by atoms with Crippen LogP contribution in [0.3, 0.4) is 0 Å². The van der Waals surface area contributed by atoms with E-state index in [1.165, 1.54) is 0 Å². The monoisotopic (exact) mass is 487 g/mol. The molecule has 0 bridgehead atoms. The smallest absolute Gasteiger partial charge is 0.251 e. The van der Waals surface area contributed by atoms with Crippen LogP contribution in [-0.2, 0) is 11.3 Å². The highest BCUT2D eigenvalue weighted by atomic mass is 35.5. The Bertz CT molecular complexity index is 1330. The molecule has 0 aliphatic carbocycles. The third-order valence-corrected chi connectivity index (χ3v) is 6.53. The van der Waals surface area contributed by atoms with Crippen LogP contribution in [-0.4, -0.2) is 63.7 Å². The Balaban J connectivity index is 1.22. The molecule has 7 nitrogen and oxygen atoms in total. The molecule has 1 N–H and O–H groups in total. The number of hydrogen-bond donors (Lipinski definition) is 1. The lowest BCUT2D eigenvalue weighted by Crippen LogP contribution is -2.51. The largest absolute Gasteiger partial charge is 0.343 e. The van der Waals surface area contributed by atoms with Crippen molar-refractivity contribution in [3.8, 4) is 11.3 Å². The van der Waals surface area contributed by atoms with Crippen molar-refractivity contribution >= 4 is 29.1 Å². The van der Waals surface area contributed by atoms with Gasteiger partial charge in [0.05, 0.1) is 17.9 Å². The lowest BCUT2D eigenvalue weighted by atomic mass is 10.1. The number of piperazine rings is 1. The van der Waals surface area contributed by atoms with Gasteiger partial charge >= 0.3 is 0 Å². The summed E-state index contributed by atoms with van der Waals surface area (Å²) in [6, 6.07) is 22.7. The second-order valence-corrected chi connectivity index (χ2v) is 8.98. The first-order valence-electron chi connectivity index (χ1n) is 11.6. The normalized spacial score (nSPS) is 14.3. The van der Waals surface area contributed by atoms with E-state index in [9.17, 15) is 9.59 Å². The van der Waals surface area contributed by atoms with Crippen molar-refractivity contribution in [2.75, 3.05) is 32.7 Å². The SMILES string of the molecule is O=C(NCC(=O)N1CCN(Cc2c(-c3ccc(Cl)cc3)nc3ccccn23)CC1)c1ccccc1. The Labute approximate surface area is 208 Å². The number of benzene rings is 2. The minimum Gasteiger partial charge on any atom is -0.343 e. The maximum atomic E-state index is 12.7. The van der Waals surface area contributed by atoms with Crippen molar-refractivity contribution in [2.24, 2.45) is 0 Å². The van der Waals surface area contributed by atoms with Crippen LogP contribution in [0.15, 0.2) is 79.0 Å². The van der Waals surface area contributed by atoms with Gasteiger partial charge in [-0.15, -0.1) is 0 Å². The molecule has 8 heteroatoms. The van der Waals surface area contributed by atoms with Gasteiger partial charge in [0.2, 0.25) is 5.91 Å². The maximum Gasteiger partial charge on any atom is 0.251 e. The van der Waals surface area contributed by atoms with Gasteiger partial charge < -0.3 is 14.6 Å². The lowest BCUT2D eigenvalue weighted by Gasteiger charge is -2.34. The Morgan fingerprint density at radius 3 is 2.34 bits per heavy atom. The molecule has 1 aliphatic heterocycles. The molecule has 1 aliphatic rings. The van der Waals surface area contributed by atoms with E-state index < -0.39 is 0 Å². The van der Waals surface area contributed by atoms with Crippen LogP contribution >= 0.6 is 11.6 Å². The summed E-state index contributed by atoms with van der Waals surface area (Å²) in [5.41, 5.74) is 4.52. The Morgan fingerprint density at radius 2 is 1.60 bits per heavy atom. The fourth-order valence-corrected chi connectivity index (χ4v) is 4.49. The zero-order valence-electron chi connectivity index (χ0n) is 19.2. The summed E-state index contributed by atoms with van der Waals surface area (Å²) in [5.74, 6) is -0.300. The van der Waals surface area contributed by atoms with Crippen LogP contribution in [0.4, 0.5) is 0 Å². The molecule has 0 radical (unpaired) electrons. The first kappa shape index (κ1) is 23.1. The number of carbonyl (C=O) groups excluding carboxylic acids is 2. The number of pyridine rings is 1. The number of halogens is 1. The standard InChI is InChI=1S/C27H26ClN5O2/c28-22-11-9-20(10-12-22)26-23(33-13-5-4-8-24(33)30-26)19-31-14-16-32(17-15-31)25(34)18-29-27(35)21-6-2-1-3-7-21/h1-13H,14-19H2,(H,29,35). The maximum absolute atomic E-state index is 12.7. The molecule has 0 spiro atoms. The Kier molecular flexibility index (Phi) is 6.79. The summed E-state index contributed by atoms with van der Waals surface area (Å²) in [6.45, 7) is 3.45. The molecule has 0 unspecified atom stereocenters. The van der Waals surface area contributed by atoms with Crippen molar-refractivity contribution in [1.29, 1.82) is 0 Å². The predicted molar refractivity (Wildman–Crippen MR) is 136 cm³/mol. The van der Waals surface area contributed by atoms with Gasteiger partial charge in [0.15, 0.2) is 0 Å². The van der Waals surface area contributed by atoms with Gasteiger partial charge in [-0.1, -0.05) is 48.0 Å². The fourth-order valence-electron chi connectivity index (χ4n) is 4.36. The predicted octanol–water partition coefficient (Wildman–Crippen LogP) is 3.73. The Hall–Kier alpha value is -3.68. The second kappa shape index (κ2) is 10.3. The number of nitrogens with one attached hydrogen (secondary N) is 1. The molecule has 0 atom stereocenters. The minimum absolute atomic E-state index is 0.00169. The first-order valence-corrected chi connectivity index (χ1v) is 12.0. The molecule has 178 valence electrons. The minimum atomic E-state index is -0.236. The molecule has 35 heavy (non-hydrogen) atoms. The number of rotatable bonds is 6. The van der Waals surface area contributed by atoms with Gasteiger partial charge in [-0.05, 0) is 36.4 Å². The summed E-state index contributed by atoms with van der Waals surface area (Å²) >= 11 is 6.09. The molecular formula is C27H26ClN5O2. The highest BCUT2D eigenvalue weighted by molar-refractivity contribution is 6.30. The van der Waals surface area contributed by atoms with E-state index in [4.69, 9.17) is 16.6 Å². The van der Waals surface area contributed by atoms with E-state index in [2.05, 4.69) is 14.6 Å². The average Bonchev–Trinajstić information content (AvgIpc) is 3.26. The number of amides is 2. The van der Waals surface area contributed by atoms with Crippen LogP contribution in [0.1, 0.15) is 16.1 Å². The highest BCUT2D eigenvalue weighted by Gasteiger charge is 2.24. The van der Waals surface area contributed by atoms with E-state index in [0.717, 1.165) is 42.2 Å². The van der Waals surface area contributed by atoms with E-state index in [1.54, 1.807) is 24.3 Å². The van der Waals surface area contributed by atoms with Crippen molar-refractivity contribution in [3.63, 3.8) is 0 Å². The van der Waals surface area contributed by atoms with Crippen LogP contribution < -0.4 is 5.32 Å². The number of aromatic nitrogens is 2. The molecule has 2 amide bonds. The zero-order valence-corrected chi connectivity index (χ0v) is 20.0. The van der Waals surface area contributed by atoms with Crippen molar-refractivity contribution in [2.45, 2.75) is 6.54 Å². The van der Waals surface area contributed by atoms with Gasteiger partial charge in [-0.25, -0.2) is 4.98 Å². The molecule has 3 heterocycles. The van der Waals surface area contributed by atoms with Gasteiger partial charge in [0.25, 0.3) is 5.91 Å². The van der Waals surface area contributed by atoms with E-state index in [0.29, 0.717) is 23.7 Å². The van der Waals surface area contributed by atoms with Gasteiger partial charge in [-0.2, -0.15) is 0 Å². The number of imidazole rings is 1. The second-order valence-electron chi connectivity index (χ2n) is 8.55. The molecule has 4 aromatic rings. The van der Waals surface area contributed by atoms with E-state index >= 15 is 0 Å². The topological polar surface area (TPSA) is 70.0 Å². The van der Waals surface area contributed by atoms with Gasteiger partial charge in [0, 0.05) is 55.1 Å². The summed E-state index contributed by atoms with van der Waals surface area (Å²) < 4.78 is 2.13. The third kappa shape index (κ3) is 5.21. The van der Waals surface area contributed by atoms with Crippen molar-refractivity contribution in [1.82, 2.24) is 24.5 Å². The van der Waals surface area contributed by atoms with E-state index in [-0.39, 0.29) is 18.4 Å². The molecular weight excluding hydrogens is 462 g/mol.